The van der Waals surface area contributed by atoms with E-state index >= 15 is 0 Å². The fourth-order valence-corrected chi connectivity index (χ4v) is 7.79. The number of benzene rings is 3. The zero-order valence-corrected chi connectivity index (χ0v) is 30.7. The van der Waals surface area contributed by atoms with E-state index in [0.29, 0.717) is 24.3 Å². The molecule has 2 fully saturated rings. The Morgan fingerprint density at radius 3 is 1.97 bits per heavy atom. The van der Waals surface area contributed by atoms with Gasteiger partial charge in [0.25, 0.3) is 5.79 Å². The van der Waals surface area contributed by atoms with Gasteiger partial charge in [0.2, 0.25) is 23.0 Å². The third-order valence-corrected chi connectivity index (χ3v) is 10.8. The van der Waals surface area contributed by atoms with Crippen molar-refractivity contribution in [2.45, 2.75) is 47.7 Å². The van der Waals surface area contributed by atoms with Gasteiger partial charge in [0.15, 0.2) is 64.5 Å². The first-order valence-corrected chi connectivity index (χ1v) is 17.5. The first-order chi connectivity index (χ1) is 29.1. The van der Waals surface area contributed by atoms with Crippen molar-refractivity contribution in [1.29, 1.82) is 5.26 Å². The van der Waals surface area contributed by atoms with Crippen LogP contribution in [0.5, 0.6) is 51.7 Å². The van der Waals surface area contributed by atoms with Gasteiger partial charge in [-0.15, -0.1) is 0 Å². The van der Waals surface area contributed by atoms with E-state index in [-0.39, 0.29) is 11.6 Å². The van der Waals surface area contributed by atoms with E-state index in [4.69, 9.17) is 33.2 Å². The minimum absolute atomic E-state index is 0.205. The molecule has 0 radical (unpaired) electrons. The van der Waals surface area contributed by atoms with Crippen molar-refractivity contribution >= 4 is 29.7 Å². The molecule has 1 spiro atoms. The van der Waals surface area contributed by atoms with Crippen molar-refractivity contribution < 1.29 is 113 Å². The summed E-state index contributed by atoms with van der Waals surface area (Å²) in [5.74, 6) is -28.8. The summed E-state index contributed by atoms with van der Waals surface area (Å²) in [5.41, 5.74) is -10.3. The molecule has 7 atom stereocenters. The van der Waals surface area contributed by atoms with Crippen LogP contribution in [0.3, 0.4) is 0 Å². The number of esters is 4. The summed E-state index contributed by atoms with van der Waals surface area (Å²) in [4.78, 5) is 71.3. The number of fused-ring (bicyclic) bond motifs is 5. The maximum Gasteiger partial charge on any atom is 0.339 e. The summed E-state index contributed by atoms with van der Waals surface area (Å²) in [7, 11) is 0. The van der Waals surface area contributed by atoms with E-state index in [9.17, 15) is 85.4 Å². The van der Waals surface area contributed by atoms with Crippen molar-refractivity contribution in [3.05, 3.63) is 64.8 Å². The van der Waals surface area contributed by atoms with Crippen LogP contribution < -0.4 is 4.74 Å². The monoisotopic (exact) mass is 865 g/mol. The van der Waals surface area contributed by atoms with Gasteiger partial charge in [-0.1, -0.05) is 6.58 Å². The second kappa shape index (κ2) is 13.6. The minimum Gasteiger partial charge on any atom is -0.504 e. The molecular weight excluding hydrogens is 838 g/mol. The number of ketones is 1. The van der Waals surface area contributed by atoms with Crippen LogP contribution >= 0.6 is 0 Å². The molecule has 0 amide bonds. The van der Waals surface area contributed by atoms with Gasteiger partial charge in [-0.2, -0.15) is 5.26 Å². The molecule has 0 saturated carbocycles. The number of cyclic esters (lactones) is 1. The number of aromatic hydroxyl groups is 8. The van der Waals surface area contributed by atoms with Gasteiger partial charge < -0.3 is 89.3 Å². The lowest BCUT2D eigenvalue weighted by Crippen LogP contribution is -2.79. The second-order valence-corrected chi connectivity index (χ2v) is 14.2. The van der Waals surface area contributed by atoms with Crippen LogP contribution in [0, 0.1) is 11.3 Å². The molecule has 4 heterocycles. The highest BCUT2D eigenvalue weighted by atomic mass is 16.7. The molecule has 24 heteroatoms. The van der Waals surface area contributed by atoms with E-state index in [0.717, 1.165) is 0 Å². The van der Waals surface area contributed by atoms with E-state index in [1.807, 2.05) is 0 Å². The summed E-state index contributed by atoms with van der Waals surface area (Å²) in [6.45, 7) is 1.54. The molecule has 322 valence electrons. The Kier molecular flexibility index (Phi) is 8.98. The van der Waals surface area contributed by atoms with E-state index < -0.39 is 176 Å². The van der Waals surface area contributed by atoms with Crippen LogP contribution in [0.1, 0.15) is 26.3 Å². The van der Waals surface area contributed by atoms with Crippen LogP contribution in [-0.2, 0) is 48.2 Å². The summed E-state index contributed by atoms with van der Waals surface area (Å²) in [5, 5.41) is 129. The minimum atomic E-state index is -4.31. The number of aliphatic hydroxyl groups is 3. The number of hydrogen-bond acceptors (Lipinski definition) is 24. The molecule has 6 bridgehead atoms. The molecule has 3 aromatic rings. The molecular formula is C38H27NO23. The topological polar surface area (TPSA) is 396 Å². The van der Waals surface area contributed by atoms with Gasteiger partial charge in [-0.25, -0.2) is 14.4 Å². The first kappa shape index (κ1) is 40.9. The maximum atomic E-state index is 15.0. The molecule has 11 N–H and O–H groups in total. The summed E-state index contributed by atoms with van der Waals surface area (Å²) in [6, 6.07) is 3.97. The lowest BCUT2D eigenvalue weighted by molar-refractivity contribution is -0.356. The molecule has 2 saturated heterocycles. The van der Waals surface area contributed by atoms with Gasteiger partial charge in [0.05, 0.1) is 29.4 Å². The van der Waals surface area contributed by atoms with Crippen molar-refractivity contribution in [2.24, 2.45) is 0 Å². The number of carbonyl (C=O) groups excluding carboxylic acids is 5. The molecule has 62 heavy (non-hydrogen) atoms. The number of phenolic OH excluding ortho intramolecular Hbond substituents is 8. The number of phenols is 8. The van der Waals surface area contributed by atoms with Crippen molar-refractivity contribution in [2.75, 3.05) is 13.2 Å². The SMILES string of the molecule is C=C(C#N)CO[C@@H]1O[C@@H]2COC(=O)c3cc(O)c(O)c(O)c3-c3c(cc(O)c(O)c3O)C(=O)O[C@@H]3[C@H]1OC(=O)C1=CC(=O)[C@]4(O)Oc5c(ccc(O)c5O)[C@]1(C(=O)O[C@@H]32)C4(O)O. The molecule has 24 nitrogen and oxygen atoms in total. The van der Waals surface area contributed by atoms with Crippen molar-refractivity contribution in [3.8, 4) is 68.9 Å². The Morgan fingerprint density at radius 1 is 0.758 bits per heavy atom. The predicted molar refractivity (Wildman–Crippen MR) is 188 cm³/mol. The van der Waals surface area contributed by atoms with E-state index in [2.05, 4.69) is 6.58 Å². The lowest BCUT2D eigenvalue weighted by Gasteiger charge is -2.54. The Morgan fingerprint density at radius 2 is 1.35 bits per heavy atom. The van der Waals surface area contributed by atoms with Gasteiger partial charge >= 0.3 is 29.7 Å². The Bertz CT molecular complexity index is 2680. The largest absolute Gasteiger partial charge is 0.504 e. The third-order valence-electron chi connectivity index (χ3n) is 10.8. The number of hydrogen-bond donors (Lipinski definition) is 11. The van der Waals surface area contributed by atoms with Gasteiger partial charge in [-0.05, 0) is 24.3 Å². The van der Waals surface area contributed by atoms with Crippen LogP contribution in [0.4, 0.5) is 0 Å². The van der Waals surface area contributed by atoms with Crippen LogP contribution in [0.2, 0.25) is 0 Å². The Balaban J connectivity index is 1.39. The average Bonchev–Trinajstić information content (AvgIpc) is 3.24. The molecule has 0 unspecified atom stereocenters. The van der Waals surface area contributed by atoms with Gasteiger partial charge in [0.1, 0.15) is 12.7 Å². The van der Waals surface area contributed by atoms with Crippen LogP contribution in [0.15, 0.2) is 48.1 Å². The fraction of sp³-hybridized carbons (Fsp3) is 0.263. The normalized spacial score (nSPS) is 28.2. The third kappa shape index (κ3) is 5.33. The van der Waals surface area contributed by atoms with Crippen molar-refractivity contribution in [1.82, 2.24) is 0 Å². The van der Waals surface area contributed by atoms with Crippen LogP contribution in [0.25, 0.3) is 11.1 Å². The fourth-order valence-electron chi connectivity index (χ4n) is 7.79. The standard InChI is InChI=1S/C38H27NO23/c1-10(7-39)8-57-34-30-29-28(61-35(52)36-13-2-3-15(40)24(46)27(13)62-37(53,38(36,54)55)19(43)6-14(36)33(51)60-30)18(58-34)9-56-31(49)11-4-16(41)22(44)25(47)20(11)21-12(32(50)59-29)5-17(42)23(45)26(21)48/h2-6,18,28-30,34,40-42,44-48,53-55H,1,8-9H2/t18-,28-,29+,30-,34-,36+,37+/m1/s1. The number of nitriles is 1. The average molecular weight is 866 g/mol. The quantitative estimate of drug-likeness (QED) is 0.0472. The van der Waals surface area contributed by atoms with Gasteiger partial charge in [0, 0.05) is 28.3 Å². The number of ether oxygens (including phenoxy) is 7. The second-order valence-electron chi connectivity index (χ2n) is 14.2. The van der Waals surface area contributed by atoms with Gasteiger partial charge in [-0.3, -0.25) is 9.59 Å². The molecule has 8 rings (SSSR count). The molecule has 3 aromatic carbocycles. The highest BCUT2D eigenvalue weighted by Gasteiger charge is 2.81. The van der Waals surface area contributed by atoms with Crippen molar-refractivity contribution in [3.63, 3.8) is 0 Å². The maximum absolute atomic E-state index is 15.0. The zero-order chi connectivity index (χ0) is 45.1. The number of rotatable bonds is 3. The summed E-state index contributed by atoms with van der Waals surface area (Å²) in [6.07, 6.45) is -10.9. The van der Waals surface area contributed by atoms with E-state index in [1.54, 1.807) is 6.07 Å². The first-order valence-electron chi connectivity index (χ1n) is 17.5. The Hall–Kier alpha value is -7.82. The molecule has 1 aliphatic carbocycles. The lowest BCUT2D eigenvalue weighted by atomic mass is 9.59. The zero-order valence-electron chi connectivity index (χ0n) is 30.7. The predicted octanol–water partition coefficient (Wildman–Crippen LogP) is -1.44. The summed E-state index contributed by atoms with van der Waals surface area (Å²) < 4.78 is 39.3. The highest BCUT2D eigenvalue weighted by molar-refractivity contribution is 6.14. The summed E-state index contributed by atoms with van der Waals surface area (Å²) >= 11 is 0. The number of nitrogens with zero attached hydrogens (tertiary/aromatic N) is 1. The highest BCUT2D eigenvalue weighted by Crippen LogP contribution is 2.61. The number of carbonyl (C=O) groups is 5. The van der Waals surface area contributed by atoms with Crippen LogP contribution in [-0.4, -0.2) is 141 Å². The van der Waals surface area contributed by atoms with E-state index in [1.165, 1.54) is 0 Å². The Labute approximate surface area is 342 Å². The molecule has 0 aromatic heterocycles. The molecule has 5 aliphatic rings. The smallest absolute Gasteiger partial charge is 0.339 e. The molecule has 4 aliphatic heterocycles.